The molecule has 0 atom stereocenters. The van der Waals surface area contributed by atoms with Crippen molar-refractivity contribution in [2.45, 2.75) is 79.1 Å². The summed E-state index contributed by atoms with van der Waals surface area (Å²) in [5.41, 5.74) is 0. The van der Waals surface area contributed by atoms with Crippen molar-refractivity contribution < 1.29 is 4.48 Å². The van der Waals surface area contributed by atoms with E-state index < -0.39 is 0 Å². The zero-order valence-electron chi connectivity index (χ0n) is 13.5. The number of hydrogen-bond donors (Lipinski definition) is 0. The first-order valence-corrected chi connectivity index (χ1v) is 8.09. The smallest absolute Gasteiger partial charge is 0.0786 e. The normalized spacial score (nSPS) is 11.3. The molecule has 18 heavy (non-hydrogen) atoms. The summed E-state index contributed by atoms with van der Waals surface area (Å²) in [5.74, 6) is 0. The topological polar surface area (TPSA) is 0 Å². The van der Waals surface area contributed by atoms with E-state index in [1.165, 1.54) is 82.0 Å². The van der Waals surface area contributed by atoms with E-state index in [-0.39, 0.29) is 9.90 Å². The van der Waals surface area contributed by atoms with Crippen molar-refractivity contribution in [3.05, 3.63) is 0 Å². The maximum Gasteiger partial charge on any atom is 0.0786 e. The molecule has 1 nitrogen and oxygen atoms in total. The van der Waals surface area contributed by atoms with Gasteiger partial charge in [0.15, 0.2) is 0 Å². The van der Waals surface area contributed by atoms with Crippen molar-refractivity contribution in [1.29, 1.82) is 0 Å². The van der Waals surface area contributed by atoms with E-state index in [2.05, 4.69) is 27.7 Å². The minimum Gasteiger partial charge on any atom is -0.577 e. The van der Waals surface area contributed by atoms with Gasteiger partial charge in [-0.1, -0.05) is 53.4 Å². The van der Waals surface area contributed by atoms with Gasteiger partial charge in [-0.2, -0.15) is 0 Å². The Balaban J connectivity index is 0. The van der Waals surface area contributed by atoms with Gasteiger partial charge in [0.2, 0.25) is 0 Å². The van der Waals surface area contributed by atoms with E-state index in [0.29, 0.717) is 0 Å². The van der Waals surface area contributed by atoms with Crippen LogP contribution in [0.25, 0.3) is 0 Å². The average molecular weight is 275 g/mol. The van der Waals surface area contributed by atoms with Crippen molar-refractivity contribution in [2.24, 2.45) is 0 Å². The van der Waals surface area contributed by atoms with Crippen LogP contribution in [0.1, 0.15) is 79.1 Å². The zero-order valence-corrected chi connectivity index (χ0v) is 14.7. The number of rotatable bonds is 12. The third-order valence-corrected chi connectivity index (χ3v) is 3.94. The Morgan fingerprint density at radius 3 is 0.889 bits per heavy atom. The van der Waals surface area contributed by atoms with Gasteiger partial charge in [0, 0.05) is 0 Å². The quantitative estimate of drug-likeness (QED) is 0.333. The minimum atomic E-state index is 0. The van der Waals surface area contributed by atoms with Crippen LogP contribution in [0.3, 0.4) is 0 Å². The molecule has 0 saturated heterocycles. The Morgan fingerprint density at radius 1 is 0.500 bits per heavy atom. The van der Waals surface area contributed by atoms with E-state index >= 15 is 0 Å². The van der Waals surface area contributed by atoms with Crippen LogP contribution in [0.5, 0.6) is 0 Å². The molecule has 0 aliphatic rings. The second-order valence-corrected chi connectivity index (χ2v) is 5.65. The molecule has 0 aliphatic carbocycles. The molecule has 0 radical (unpaired) electrons. The molecule has 0 aromatic heterocycles. The first-order valence-electron chi connectivity index (χ1n) is 8.09. The fraction of sp³-hybridized carbons (Fsp3) is 1.00. The number of hydrogen-bond acceptors (Lipinski definition) is 0. The second-order valence-electron chi connectivity index (χ2n) is 5.65. The summed E-state index contributed by atoms with van der Waals surface area (Å²) in [6.07, 6.45) is 11.1. The van der Waals surface area contributed by atoms with Gasteiger partial charge in [0.05, 0.1) is 26.2 Å². The largest absolute Gasteiger partial charge is 0.577 e. The van der Waals surface area contributed by atoms with Gasteiger partial charge in [-0.25, -0.2) is 0 Å². The maximum absolute atomic E-state index is 2.33. The molecule has 0 spiro atoms. The van der Waals surface area contributed by atoms with Crippen molar-refractivity contribution in [2.75, 3.05) is 26.2 Å². The van der Waals surface area contributed by atoms with Crippen LogP contribution in [0.2, 0.25) is 0 Å². The van der Waals surface area contributed by atoms with Gasteiger partial charge in [-0.3, -0.25) is 0 Å². The lowest BCUT2D eigenvalue weighted by Crippen LogP contribution is -2.50. The number of quaternary nitrogens is 1. The van der Waals surface area contributed by atoms with E-state index in [9.17, 15) is 0 Å². The van der Waals surface area contributed by atoms with Crippen LogP contribution in [0.15, 0.2) is 0 Å². The first kappa shape index (κ1) is 20.7. The van der Waals surface area contributed by atoms with Crippen LogP contribution >= 0.6 is 9.90 Å². The molecule has 0 amide bonds. The van der Waals surface area contributed by atoms with Gasteiger partial charge in [0.1, 0.15) is 0 Å². The van der Waals surface area contributed by atoms with Gasteiger partial charge >= 0.3 is 0 Å². The Hall–Kier alpha value is 0.390. The lowest BCUT2D eigenvalue weighted by molar-refractivity contribution is -0.929. The fourth-order valence-electron chi connectivity index (χ4n) is 2.64. The van der Waals surface area contributed by atoms with Crippen LogP contribution in [0, 0.1) is 0 Å². The molecule has 0 aromatic rings. The molecule has 0 saturated carbocycles. The summed E-state index contributed by atoms with van der Waals surface area (Å²) in [4.78, 5) is 0. The molecular formula is C16H38NP. The Morgan fingerprint density at radius 2 is 0.722 bits per heavy atom. The van der Waals surface area contributed by atoms with E-state index in [1.54, 1.807) is 0 Å². The second kappa shape index (κ2) is 13.8. The zero-order chi connectivity index (χ0) is 13.0. The van der Waals surface area contributed by atoms with Crippen molar-refractivity contribution in [3.63, 3.8) is 0 Å². The molecule has 0 bridgehead atoms. The lowest BCUT2D eigenvalue weighted by Gasteiger charge is -2.39. The molecule has 112 valence electrons. The molecule has 0 aromatic carbocycles. The summed E-state index contributed by atoms with van der Waals surface area (Å²) in [6.45, 7) is 15.0. The van der Waals surface area contributed by atoms with Crippen molar-refractivity contribution in [3.8, 4) is 0 Å². The van der Waals surface area contributed by atoms with Crippen LogP contribution in [-0.2, 0) is 0 Å². The predicted molar refractivity (Wildman–Crippen MR) is 89.1 cm³/mol. The SMILES string of the molecule is CCCC[N+](CCCC)(CCCC)CCCC.[PH2-]. The average Bonchev–Trinajstić information content (AvgIpc) is 2.37. The van der Waals surface area contributed by atoms with Crippen LogP contribution in [-0.4, -0.2) is 30.7 Å². The highest BCUT2D eigenvalue weighted by molar-refractivity contribution is 6.92. The summed E-state index contributed by atoms with van der Waals surface area (Å²) in [5, 5.41) is 0. The van der Waals surface area contributed by atoms with Crippen LogP contribution in [0.4, 0.5) is 0 Å². The summed E-state index contributed by atoms with van der Waals surface area (Å²) >= 11 is 0. The molecule has 2 heteroatoms. The third-order valence-electron chi connectivity index (χ3n) is 3.94. The Labute approximate surface area is 120 Å². The summed E-state index contributed by atoms with van der Waals surface area (Å²) < 4.78 is 1.42. The predicted octanol–water partition coefficient (Wildman–Crippen LogP) is 5.33. The van der Waals surface area contributed by atoms with Crippen molar-refractivity contribution >= 4 is 9.90 Å². The minimum absolute atomic E-state index is 0. The van der Waals surface area contributed by atoms with Gasteiger partial charge < -0.3 is 14.4 Å². The van der Waals surface area contributed by atoms with E-state index in [1.807, 2.05) is 0 Å². The number of unbranched alkanes of at least 4 members (excludes halogenated alkanes) is 4. The molecule has 0 fully saturated rings. The summed E-state index contributed by atoms with van der Waals surface area (Å²) in [6, 6.07) is 0. The Bertz CT molecular complexity index is 122. The van der Waals surface area contributed by atoms with Gasteiger partial charge in [-0.05, 0) is 25.7 Å². The highest BCUT2D eigenvalue weighted by atomic mass is 31.0. The molecule has 0 heterocycles. The van der Waals surface area contributed by atoms with Crippen LogP contribution < -0.4 is 0 Å². The number of nitrogens with zero attached hydrogens (tertiary/aromatic N) is 1. The molecule has 0 N–H and O–H groups in total. The summed E-state index contributed by atoms with van der Waals surface area (Å²) in [7, 11) is 0. The highest BCUT2D eigenvalue weighted by Gasteiger charge is 2.24. The van der Waals surface area contributed by atoms with Crippen molar-refractivity contribution in [1.82, 2.24) is 0 Å². The maximum atomic E-state index is 2.33. The molecule has 0 rings (SSSR count). The Kier molecular flexibility index (Phi) is 15.9. The van der Waals surface area contributed by atoms with E-state index in [0.717, 1.165) is 0 Å². The molecular weight excluding hydrogens is 237 g/mol. The highest BCUT2D eigenvalue weighted by Crippen LogP contribution is 2.16. The standard InChI is InChI=1S/C16H36N.H2P/c1-5-9-13-17(14-10-6-2,15-11-7-3)16-12-8-4;/h5-16H2,1-4H3;1H2/q+1;-1. The lowest BCUT2D eigenvalue weighted by atomic mass is 10.1. The molecule has 0 unspecified atom stereocenters. The van der Waals surface area contributed by atoms with Gasteiger partial charge in [-0.15, -0.1) is 0 Å². The fourth-order valence-corrected chi connectivity index (χ4v) is 2.64. The van der Waals surface area contributed by atoms with Gasteiger partial charge in [0.25, 0.3) is 0 Å². The van der Waals surface area contributed by atoms with E-state index in [4.69, 9.17) is 0 Å². The first-order chi connectivity index (χ1) is 8.24. The molecule has 0 aliphatic heterocycles. The monoisotopic (exact) mass is 275 g/mol. The third kappa shape index (κ3) is 9.34.